The topological polar surface area (TPSA) is 111 Å². The fourth-order valence-corrected chi connectivity index (χ4v) is 7.40. The summed E-state index contributed by atoms with van der Waals surface area (Å²) in [7, 11) is 1.73. The molecule has 0 bridgehead atoms. The Morgan fingerprint density at radius 1 is 1.14 bits per heavy atom. The average Bonchev–Trinajstić information content (AvgIpc) is 3.63. The van der Waals surface area contributed by atoms with E-state index in [1.165, 1.54) is 0 Å². The number of carbonyl (C=O) groups is 1. The van der Waals surface area contributed by atoms with Crippen molar-refractivity contribution >= 4 is 51.7 Å². The molecule has 1 atom stereocenters. The minimum Gasteiger partial charge on any atom is -0.489 e. The molecule has 2 saturated carbocycles. The van der Waals surface area contributed by atoms with Crippen molar-refractivity contribution in [2.75, 3.05) is 0 Å². The van der Waals surface area contributed by atoms with Crippen molar-refractivity contribution in [1.29, 1.82) is 0 Å². The van der Waals surface area contributed by atoms with E-state index in [4.69, 9.17) is 44.1 Å². The van der Waals surface area contributed by atoms with Gasteiger partial charge in [-0.3, -0.25) is 4.68 Å². The number of hydrogen-bond acceptors (Lipinski definition) is 6. The number of aromatic carboxylic acids is 1. The Morgan fingerprint density at radius 2 is 1.88 bits per heavy atom. The quantitative estimate of drug-likeness (QED) is 0.201. The molecule has 0 amide bonds. The normalized spacial score (nSPS) is 23.6. The summed E-state index contributed by atoms with van der Waals surface area (Å²) >= 11 is 19.7. The smallest absolute Gasteiger partial charge is 0.357 e. The number of aryl methyl sites for hydroxylation is 1. The van der Waals surface area contributed by atoms with Crippen LogP contribution in [-0.2, 0) is 18.4 Å². The molecule has 222 valence electrons. The fraction of sp³-hybridized carbons (Fsp3) is 0.344. The van der Waals surface area contributed by atoms with Crippen molar-refractivity contribution in [2.24, 2.45) is 13.0 Å². The Kier molecular flexibility index (Phi) is 7.08. The van der Waals surface area contributed by atoms with E-state index in [1.54, 1.807) is 42.1 Å². The Labute approximate surface area is 262 Å². The molecular weight excluding hydrogens is 613 g/mol. The van der Waals surface area contributed by atoms with Gasteiger partial charge in [0.05, 0.1) is 26.7 Å². The number of benzene rings is 2. The second-order valence-corrected chi connectivity index (χ2v) is 13.0. The Morgan fingerprint density at radius 3 is 2.56 bits per heavy atom. The minimum absolute atomic E-state index is 0.0368. The van der Waals surface area contributed by atoms with E-state index in [1.807, 2.05) is 18.2 Å². The van der Waals surface area contributed by atoms with Crippen molar-refractivity contribution in [2.45, 2.75) is 56.1 Å². The number of nitrogens with zero attached hydrogens (tertiary/aromatic N) is 3. The van der Waals surface area contributed by atoms with Gasteiger partial charge in [0.25, 0.3) is 0 Å². The van der Waals surface area contributed by atoms with Gasteiger partial charge in [-0.1, -0.05) is 58.2 Å². The number of aliphatic hydroxyl groups is 1. The van der Waals surface area contributed by atoms with E-state index in [2.05, 4.69) is 10.3 Å². The number of allylic oxidation sites excluding steroid dienone is 2. The molecule has 0 radical (unpaired) electrons. The summed E-state index contributed by atoms with van der Waals surface area (Å²) in [5, 5.41) is 31.5. The largest absolute Gasteiger partial charge is 0.489 e. The van der Waals surface area contributed by atoms with Crippen LogP contribution in [0.1, 0.15) is 71.3 Å². The van der Waals surface area contributed by atoms with Crippen LogP contribution in [0, 0.1) is 5.92 Å². The van der Waals surface area contributed by atoms with Crippen LogP contribution in [-0.4, -0.2) is 36.7 Å². The highest BCUT2D eigenvalue weighted by Gasteiger charge is 2.50. The summed E-state index contributed by atoms with van der Waals surface area (Å²) in [5.74, 6) is 0.565. The fourth-order valence-electron chi connectivity index (χ4n) is 6.42. The molecule has 2 aromatic heterocycles. The van der Waals surface area contributed by atoms with E-state index in [-0.39, 0.29) is 24.1 Å². The molecule has 43 heavy (non-hydrogen) atoms. The third-order valence-electron chi connectivity index (χ3n) is 8.92. The van der Waals surface area contributed by atoms with Crippen LogP contribution >= 0.6 is 34.8 Å². The van der Waals surface area contributed by atoms with Gasteiger partial charge in [-0.15, -0.1) is 0 Å². The maximum atomic E-state index is 11.5. The van der Waals surface area contributed by atoms with E-state index in [0.717, 1.165) is 35.2 Å². The molecule has 0 spiro atoms. The van der Waals surface area contributed by atoms with Gasteiger partial charge in [0, 0.05) is 34.9 Å². The van der Waals surface area contributed by atoms with Crippen LogP contribution < -0.4 is 0 Å². The summed E-state index contributed by atoms with van der Waals surface area (Å²) < 4.78 is 13.5. The second-order valence-electron chi connectivity index (χ2n) is 11.7. The van der Waals surface area contributed by atoms with Gasteiger partial charge >= 0.3 is 5.97 Å². The van der Waals surface area contributed by atoms with Gasteiger partial charge in [0.1, 0.15) is 23.8 Å². The van der Waals surface area contributed by atoms with Crippen LogP contribution in [0.5, 0.6) is 0 Å². The average molecular weight is 641 g/mol. The number of ether oxygens (including phenoxy) is 1. The highest BCUT2D eigenvalue weighted by Crippen LogP contribution is 2.53. The predicted octanol–water partition coefficient (Wildman–Crippen LogP) is 7.96. The van der Waals surface area contributed by atoms with Gasteiger partial charge in [0.15, 0.2) is 5.69 Å². The first-order valence-electron chi connectivity index (χ1n) is 14.2. The Balaban J connectivity index is 1.04. The zero-order valence-corrected chi connectivity index (χ0v) is 25.5. The van der Waals surface area contributed by atoms with Gasteiger partial charge in [0.2, 0.25) is 0 Å². The van der Waals surface area contributed by atoms with Gasteiger partial charge in [-0.2, -0.15) is 5.10 Å². The van der Waals surface area contributed by atoms with E-state index < -0.39 is 11.6 Å². The van der Waals surface area contributed by atoms with Crippen LogP contribution in [0.15, 0.2) is 63.9 Å². The zero-order valence-electron chi connectivity index (χ0n) is 23.2. The summed E-state index contributed by atoms with van der Waals surface area (Å²) in [4.78, 5) is 11.5. The van der Waals surface area contributed by atoms with Crippen molar-refractivity contribution < 1.29 is 24.3 Å². The molecule has 8 nitrogen and oxygen atoms in total. The van der Waals surface area contributed by atoms with Gasteiger partial charge in [-0.05, 0) is 73.9 Å². The van der Waals surface area contributed by atoms with Gasteiger partial charge < -0.3 is 19.5 Å². The van der Waals surface area contributed by atoms with E-state index in [0.29, 0.717) is 62.7 Å². The highest BCUT2D eigenvalue weighted by atomic mass is 35.5. The first-order valence-corrected chi connectivity index (χ1v) is 15.3. The predicted molar refractivity (Wildman–Crippen MR) is 163 cm³/mol. The lowest BCUT2D eigenvalue weighted by Crippen LogP contribution is -2.49. The molecule has 11 heteroatoms. The molecule has 0 saturated heterocycles. The summed E-state index contributed by atoms with van der Waals surface area (Å²) in [6, 6.07) is 11.0. The highest BCUT2D eigenvalue weighted by molar-refractivity contribution is 6.39. The van der Waals surface area contributed by atoms with Crippen molar-refractivity contribution in [3.8, 4) is 11.3 Å². The third-order valence-corrected chi connectivity index (χ3v) is 9.92. The lowest BCUT2D eigenvalue weighted by molar-refractivity contribution is -0.0836. The van der Waals surface area contributed by atoms with Crippen molar-refractivity contribution in [3.63, 3.8) is 0 Å². The SMILES string of the molecule is Cn1nc(C(=O)O)c2ccc(C3CC(O)(C4CC=C(OCc5c(-c6c(Cl)cccc6Cl)noc5C5CC5)C=C4Cl)C3)cc21. The zero-order chi connectivity index (χ0) is 30.0. The lowest BCUT2D eigenvalue weighted by atomic mass is 9.61. The molecule has 2 N–H and O–H groups in total. The Hall–Kier alpha value is -3.30. The number of halogens is 3. The number of fused-ring (bicyclic) bond motifs is 1. The first-order chi connectivity index (χ1) is 20.6. The molecule has 4 aromatic rings. The Bertz CT molecular complexity index is 1810. The maximum Gasteiger partial charge on any atom is 0.357 e. The molecule has 3 aliphatic rings. The molecule has 2 aromatic carbocycles. The van der Waals surface area contributed by atoms with Crippen LogP contribution in [0.25, 0.3) is 22.2 Å². The maximum absolute atomic E-state index is 11.5. The van der Waals surface area contributed by atoms with E-state index >= 15 is 0 Å². The molecule has 1 unspecified atom stereocenters. The van der Waals surface area contributed by atoms with Crippen molar-refractivity contribution in [1.82, 2.24) is 14.9 Å². The van der Waals surface area contributed by atoms with Gasteiger partial charge in [-0.25, -0.2) is 4.79 Å². The summed E-state index contributed by atoms with van der Waals surface area (Å²) in [5.41, 5.74) is 2.92. The van der Waals surface area contributed by atoms with Crippen LogP contribution in [0.2, 0.25) is 10.0 Å². The van der Waals surface area contributed by atoms with Crippen LogP contribution in [0.3, 0.4) is 0 Å². The summed E-state index contributed by atoms with van der Waals surface area (Å²) in [6.45, 7) is 0.218. The van der Waals surface area contributed by atoms with Crippen molar-refractivity contribution in [3.05, 3.63) is 92.0 Å². The third kappa shape index (κ3) is 5.04. The standard InChI is InChI=1S/C32H28Cl3N3O5/c1-38-26-11-17(7-9-20(26)29(36-38)31(39)40)18-13-32(41,14-18)22-10-8-19(12-25(22)35)42-15-21-28(37-43-30(21)16-5-6-16)27-23(33)3-2-4-24(27)34/h2-4,7-9,11-12,16,18,22,41H,5-6,10,13-15H2,1H3,(H,39,40). The van der Waals surface area contributed by atoms with E-state index in [9.17, 15) is 15.0 Å². The first kappa shape index (κ1) is 28.5. The molecule has 3 aliphatic carbocycles. The molecular formula is C32H28Cl3N3O5. The molecule has 2 fully saturated rings. The number of carboxylic acid groups (broad SMARTS) is 1. The number of rotatable bonds is 8. The summed E-state index contributed by atoms with van der Waals surface area (Å²) in [6.07, 6.45) is 7.45. The second kappa shape index (κ2) is 10.7. The number of aromatic nitrogens is 3. The molecule has 0 aliphatic heterocycles. The van der Waals surface area contributed by atoms with Crippen LogP contribution in [0.4, 0.5) is 0 Å². The number of carboxylic acids is 1. The molecule has 7 rings (SSSR count). The monoisotopic (exact) mass is 639 g/mol. The minimum atomic E-state index is -1.05. The lowest BCUT2D eigenvalue weighted by Gasteiger charge is -2.49. The number of hydrogen-bond donors (Lipinski definition) is 2. The molecule has 2 heterocycles.